The summed E-state index contributed by atoms with van der Waals surface area (Å²) in [6.45, 7) is 4.56. The zero-order chi connectivity index (χ0) is 12.3. The quantitative estimate of drug-likeness (QED) is 0.783. The monoisotopic (exact) mass is 234 g/mol. The van der Waals surface area contributed by atoms with Gasteiger partial charge in [-0.1, -0.05) is 12.1 Å². The van der Waals surface area contributed by atoms with Crippen molar-refractivity contribution in [1.82, 2.24) is 4.90 Å². The highest BCUT2D eigenvalue weighted by Gasteiger charge is 2.23. The average Bonchev–Trinajstić information content (AvgIpc) is 2.38. The number of hydrogen-bond donors (Lipinski definition) is 1. The van der Waals surface area contributed by atoms with Gasteiger partial charge in [-0.3, -0.25) is 4.79 Å². The molecule has 1 amide bonds. The van der Waals surface area contributed by atoms with Crippen LogP contribution in [0, 0.1) is 0 Å². The minimum atomic E-state index is -0.142. The molecule has 1 unspecified atom stereocenters. The van der Waals surface area contributed by atoms with Gasteiger partial charge < -0.3 is 15.4 Å². The van der Waals surface area contributed by atoms with Gasteiger partial charge in [0.25, 0.3) is 0 Å². The summed E-state index contributed by atoms with van der Waals surface area (Å²) in [7, 11) is 0. The Labute approximate surface area is 101 Å². The molecule has 1 aliphatic rings. The summed E-state index contributed by atoms with van der Waals surface area (Å²) in [5.41, 5.74) is 7.40. The van der Waals surface area contributed by atoms with Crippen molar-refractivity contribution >= 4 is 11.6 Å². The van der Waals surface area contributed by atoms with E-state index in [0.717, 1.165) is 5.56 Å². The number of anilines is 1. The molecule has 1 fully saturated rings. The Balaban J connectivity index is 2.08. The number of morpholine rings is 1. The minimum Gasteiger partial charge on any atom is -0.399 e. The number of hydrogen-bond acceptors (Lipinski definition) is 3. The van der Waals surface area contributed by atoms with Crippen LogP contribution in [-0.2, 0) is 9.53 Å². The summed E-state index contributed by atoms with van der Waals surface area (Å²) in [6, 6.07) is 7.52. The Hall–Kier alpha value is -1.55. The lowest BCUT2D eigenvalue weighted by Gasteiger charge is -2.29. The van der Waals surface area contributed by atoms with Gasteiger partial charge in [0.15, 0.2) is 0 Å². The van der Waals surface area contributed by atoms with Crippen LogP contribution in [0.25, 0.3) is 0 Å². The highest BCUT2D eigenvalue weighted by molar-refractivity contribution is 5.83. The maximum Gasteiger partial charge on any atom is 0.229 e. The fourth-order valence-electron chi connectivity index (χ4n) is 2.03. The summed E-state index contributed by atoms with van der Waals surface area (Å²) < 4.78 is 5.24. The first kappa shape index (κ1) is 11.9. The van der Waals surface area contributed by atoms with E-state index >= 15 is 0 Å². The van der Waals surface area contributed by atoms with Crippen molar-refractivity contribution in [2.75, 3.05) is 32.0 Å². The molecule has 1 aromatic rings. The Morgan fingerprint density at radius 2 is 2.12 bits per heavy atom. The Bertz CT molecular complexity index is 400. The predicted molar refractivity (Wildman–Crippen MR) is 66.7 cm³/mol. The standard InChI is InChI=1S/C13H18N2O2/c1-10(11-3-2-4-12(14)9-11)13(16)15-5-7-17-8-6-15/h2-4,9-10H,5-8,14H2,1H3. The molecule has 0 radical (unpaired) electrons. The van der Waals surface area contributed by atoms with Crippen LogP contribution in [0.2, 0.25) is 0 Å². The molecule has 0 aromatic heterocycles. The molecule has 17 heavy (non-hydrogen) atoms. The molecule has 1 saturated heterocycles. The molecule has 1 aliphatic heterocycles. The van der Waals surface area contributed by atoms with Gasteiger partial charge in [-0.15, -0.1) is 0 Å². The Kier molecular flexibility index (Phi) is 3.64. The van der Waals surface area contributed by atoms with Crippen molar-refractivity contribution in [2.24, 2.45) is 0 Å². The largest absolute Gasteiger partial charge is 0.399 e. The SMILES string of the molecule is CC(C(=O)N1CCOCC1)c1cccc(N)c1. The van der Waals surface area contributed by atoms with Crippen molar-refractivity contribution in [1.29, 1.82) is 0 Å². The van der Waals surface area contributed by atoms with Crippen LogP contribution in [0.1, 0.15) is 18.4 Å². The zero-order valence-corrected chi connectivity index (χ0v) is 10.1. The smallest absolute Gasteiger partial charge is 0.229 e. The van der Waals surface area contributed by atoms with Crippen molar-refractivity contribution in [2.45, 2.75) is 12.8 Å². The summed E-state index contributed by atoms with van der Waals surface area (Å²) in [4.78, 5) is 14.1. The zero-order valence-electron chi connectivity index (χ0n) is 10.1. The minimum absolute atomic E-state index is 0.142. The summed E-state index contributed by atoms with van der Waals surface area (Å²) in [5, 5.41) is 0. The van der Waals surface area contributed by atoms with Gasteiger partial charge >= 0.3 is 0 Å². The van der Waals surface area contributed by atoms with Crippen LogP contribution in [-0.4, -0.2) is 37.1 Å². The maximum absolute atomic E-state index is 12.2. The van der Waals surface area contributed by atoms with E-state index in [1.54, 1.807) is 0 Å². The Morgan fingerprint density at radius 3 is 2.76 bits per heavy atom. The normalized spacial score (nSPS) is 17.8. The van der Waals surface area contributed by atoms with E-state index in [0.29, 0.717) is 32.0 Å². The highest BCUT2D eigenvalue weighted by Crippen LogP contribution is 2.20. The second-order valence-electron chi connectivity index (χ2n) is 4.33. The van der Waals surface area contributed by atoms with Gasteiger partial charge in [0.1, 0.15) is 0 Å². The third-order valence-electron chi connectivity index (χ3n) is 3.10. The fourth-order valence-corrected chi connectivity index (χ4v) is 2.03. The van der Waals surface area contributed by atoms with Crippen molar-refractivity contribution in [3.63, 3.8) is 0 Å². The van der Waals surface area contributed by atoms with Crippen LogP contribution < -0.4 is 5.73 Å². The first-order chi connectivity index (χ1) is 8.18. The average molecular weight is 234 g/mol. The van der Waals surface area contributed by atoms with Gasteiger partial charge in [-0.05, 0) is 24.6 Å². The van der Waals surface area contributed by atoms with E-state index in [4.69, 9.17) is 10.5 Å². The molecule has 4 nitrogen and oxygen atoms in total. The maximum atomic E-state index is 12.2. The highest BCUT2D eigenvalue weighted by atomic mass is 16.5. The summed E-state index contributed by atoms with van der Waals surface area (Å²) in [5.74, 6) is 0.00972. The number of ether oxygens (including phenoxy) is 1. The van der Waals surface area contributed by atoms with E-state index in [1.165, 1.54) is 0 Å². The topological polar surface area (TPSA) is 55.6 Å². The van der Waals surface area contributed by atoms with Gasteiger partial charge in [0, 0.05) is 18.8 Å². The molecular weight excluding hydrogens is 216 g/mol. The van der Waals surface area contributed by atoms with Gasteiger partial charge in [-0.2, -0.15) is 0 Å². The van der Waals surface area contributed by atoms with Crippen molar-refractivity contribution in [3.8, 4) is 0 Å². The lowest BCUT2D eigenvalue weighted by molar-refractivity contribution is -0.136. The van der Waals surface area contributed by atoms with Crippen LogP contribution in [0.5, 0.6) is 0 Å². The number of benzene rings is 1. The number of nitrogens with zero attached hydrogens (tertiary/aromatic N) is 1. The molecule has 0 bridgehead atoms. The molecule has 2 N–H and O–H groups in total. The number of amides is 1. The molecular formula is C13H18N2O2. The number of nitrogens with two attached hydrogens (primary N) is 1. The lowest BCUT2D eigenvalue weighted by atomic mass is 9.99. The predicted octanol–water partition coefficient (Wildman–Crippen LogP) is 1.23. The number of carbonyl (C=O) groups is 1. The third-order valence-corrected chi connectivity index (χ3v) is 3.10. The van der Waals surface area contributed by atoms with E-state index in [9.17, 15) is 4.79 Å². The van der Waals surface area contributed by atoms with Crippen LogP contribution in [0.3, 0.4) is 0 Å². The van der Waals surface area contributed by atoms with E-state index in [1.807, 2.05) is 36.1 Å². The van der Waals surface area contributed by atoms with Crippen molar-refractivity contribution < 1.29 is 9.53 Å². The first-order valence-corrected chi connectivity index (χ1v) is 5.90. The van der Waals surface area contributed by atoms with Gasteiger partial charge in [0.05, 0.1) is 19.1 Å². The number of nitrogen functional groups attached to an aromatic ring is 1. The van der Waals surface area contributed by atoms with Crippen LogP contribution >= 0.6 is 0 Å². The number of carbonyl (C=O) groups excluding carboxylic acids is 1. The van der Waals surface area contributed by atoms with Crippen LogP contribution in [0.4, 0.5) is 5.69 Å². The van der Waals surface area contributed by atoms with Gasteiger partial charge in [-0.25, -0.2) is 0 Å². The van der Waals surface area contributed by atoms with Crippen LogP contribution in [0.15, 0.2) is 24.3 Å². The fraction of sp³-hybridized carbons (Fsp3) is 0.462. The molecule has 0 spiro atoms. The van der Waals surface area contributed by atoms with E-state index < -0.39 is 0 Å². The molecule has 1 aromatic carbocycles. The molecule has 1 heterocycles. The number of rotatable bonds is 2. The van der Waals surface area contributed by atoms with Gasteiger partial charge in [0.2, 0.25) is 5.91 Å². The molecule has 92 valence electrons. The summed E-state index contributed by atoms with van der Waals surface area (Å²) >= 11 is 0. The molecule has 0 saturated carbocycles. The van der Waals surface area contributed by atoms with E-state index in [2.05, 4.69) is 0 Å². The summed E-state index contributed by atoms with van der Waals surface area (Å²) in [6.07, 6.45) is 0. The molecule has 1 atom stereocenters. The molecule has 2 rings (SSSR count). The second kappa shape index (κ2) is 5.19. The molecule has 0 aliphatic carbocycles. The Morgan fingerprint density at radius 1 is 1.41 bits per heavy atom. The first-order valence-electron chi connectivity index (χ1n) is 5.90. The lowest BCUT2D eigenvalue weighted by Crippen LogP contribution is -2.42. The second-order valence-corrected chi connectivity index (χ2v) is 4.33. The molecule has 4 heteroatoms. The van der Waals surface area contributed by atoms with Crippen molar-refractivity contribution in [3.05, 3.63) is 29.8 Å². The van der Waals surface area contributed by atoms with E-state index in [-0.39, 0.29) is 11.8 Å². The third kappa shape index (κ3) is 2.77.